The third kappa shape index (κ3) is 4.25. The Kier molecular flexibility index (Phi) is 5.66. The van der Waals surface area contributed by atoms with Gasteiger partial charge < -0.3 is 20.4 Å². The van der Waals surface area contributed by atoms with Gasteiger partial charge in [0.2, 0.25) is 5.95 Å². The van der Waals surface area contributed by atoms with Gasteiger partial charge in [0, 0.05) is 57.2 Å². The largest absolute Gasteiger partial charge is 0.374 e. The number of rotatable bonds is 5. The second-order valence-electron chi connectivity index (χ2n) is 9.10. The summed E-state index contributed by atoms with van der Waals surface area (Å²) in [4.78, 5) is 15.6. The number of fused-ring (bicyclic) bond motifs is 3. The van der Waals surface area contributed by atoms with Crippen molar-refractivity contribution in [3.05, 3.63) is 65.6 Å². The van der Waals surface area contributed by atoms with Crippen molar-refractivity contribution in [2.75, 3.05) is 49.3 Å². The Bertz CT molecular complexity index is 1160. The van der Waals surface area contributed by atoms with Gasteiger partial charge in [0.25, 0.3) is 0 Å². The summed E-state index contributed by atoms with van der Waals surface area (Å²) in [5.74, 6) is 1.70. The number of para-hydroxylation sites is 1. The van der Waals surface area contributed by atoms with Crippen LogP contribution in [0.1, 0.15) is 23.2 Å². The van der Waals surface area contributed by atoms with Crippen LogP contribution in [0.25, 0.3) is 5.82 Å². The Labute approximate surface area is 195 Å². The van der Waals surface area contributed by atoms with Crippen molar-refractivity contribution in [3.63, 3.8) is 0 Å². The zero-order valence-corrected chi connectivity index (χ0v) is 19.6. The Morgan fingerprint density at radius 3 is 2.88 bits per heavy atom. The van der Waals surface area contributed by atoms with Crippen LogP contribution in [-0.2, 0) is 12.8 Å². The van der Waals surface area contributed by atoms with Crippen LogP contribution in [0.3, 0.4) is 0 Å². The van der Waals surface area contributed by atoms with Gasteiger partial charge in [-0.05, 0) is 49.6 Å². The molecule has 2 aliphatic heterocycles. The second-order valence-corrected chi connectivity index (χ2v) is 9.10. The van der Waals surface area contributed by atoms with Gasteiger partial charge in [0.05, 0.1) is 6.20 Å². The fourth-order valence-corrected chi connectivity index (χ4v) is 4.88. The van der Waals surface area contributed by atoms with E-state index in [1.807, 2.05) is 35.9 Å². The fourth-order valence-electron chi connectivity index (χ4n) is 4.88. The van der Waals surface area contributed by atoms with Gasteiger partial charge in [-0.2, -0.15) is 15.1 Å². The number of aromatic nitrogens is 4. The predicted octanol–water partition coefficient (Wildman–Crippen LogP) is 2.81. The number of nitrogens with two attached hydrogens (primary N) is 1. The van der Waals surface area contributed by atoms with E-state index in [4.69, 9.17) is 5.73 Å². The van der Waals surface area contributed by atoms with Gasteiger partial charge in [-0.3, -0.25) is 0 Å². The van der Waals surface area contributed by atoms with Crippen molar-refractivity contribution in [2.24, 2.45) is 0 Å². The fraction of sp³-hybridized carbons (Fsp3) is 0.400. The Hall–Kier alpha value is -3.55. The van der Waals surface area contributed by atoms with Crippen molar-refractivity contribution in [1.82, 2.24) is 24.6 Å². The number of hydrogen-bond acceptors (Lipinski definition) is 7. The zero-order valence-electron chi connectivity index (χ0n) is 19.6. The molecule has 2 N–H and O–H groups in total. The zero-order chi connectivity index (χ0) is 22.9. The van der Waals surface area contributed by atoms with Gasteiger partial charge >= 0.3 is 0 Å². The third-order valence-corrected chi connectivity index (χ3v) is 6.72. The summed E-state index contributed by atoms with van der Waals surface area (Å²) < 4.78 is 1.84. The molecule has 3 aromatic rings. The first kappa shape index (κ1) is 21.3. The maximum absolute atomic E-state index is 5.92. The Balaban J connectivity index is 1.24. The topological polar surface area (TPSA) is 79.3 Å². The lowest BCUT2D eigenvalue weighted by Gasteiger charge is -2.46. The van der Waals surface area contributed by atoms with Gasteiger partial charge in [0.1, 0.15) is 5.82 Å². The summed E-state index contributed by atoms with van der Waals surface area (Å²) in [6.07, 6.45) is 9.67. The van der Waals surface area contributed by atoms with Gasteiger partial charge in [-0.15, -0.1) is 0 Å². The molecule has 2 aliphatic rings. The molecular formula is C25H32N8. The average Bonchev–Trinajstić information content (AvgIpc) is 3.18. The van der Waals surface area contributed by atoms with E-state index in [1.165, 1.54) is 29.7 Å². The van der Waals surface area contributed by atoms with Crippen LogP contribution in [0, 0.1) is 6.92 Å². The highest BCUT2D eigenvalue weighted by atomic mass is 15.3. The quantitative estimate of drug-likeness (QED) is 0.648. The molecule has 0 aliphatic carbocycles. The van der Waals surface area contributed by atoms with Crippen LogP contribution in [0.5, 0.6) is 0 Å². The standard InChI is InChI=1S/C25H32N8/c1-18-20(16-27-33(18)24-15-23(30(2)3)28-25(26)29-24)8-6-12-31-13-14-32-21(17-31)11-10-19-7-4-5-9-22(19)32/h4-7,9,12,15-16,21H,8,10-11,13-14,17H2,1-3H3,(H2,26,28,29). The van der Waals surface area contributed by atoms with Gasteiger partial charge in [-0.25, -0.2) is 4.68 Å². The molecule has 8 heteroatoms. The second kappa shape index (κ2) is 8.77. The minimum atomic E-state index is 0.247. The summed E-state index contributed by atoms with van der Waals surface area (Å²) in [5, 5.41) is 4.57. The number of anilines is 3. The lowest BCUT2D eigenvalue weighted by atomic mass is 9.94. The van der Waals surface area contributed by atoms with E-state index >= 15 is 0 Å². The number of aryl methyl sites for hydroxylation is 1. The average molecular weight is 445 g/mol. The van der Waals surface area contributed by atoms with Crippen molar-refractivity contribution in [2.45, 2.75) is 32.2 Å². The molecule has 4 heterocycles. The van der Waals surface area contributed by atoms with Crippen LogP contribution >= 0.6 is 0 Å². The third-order valence-electron chi connectivity index (χ3n) is 6.72. The summed E-state index contributed by atoms with van der Waals surface area (Å²) in [5.41, 5.74) is 11.1. The maximum Gasteiger partial charge on any atom is 0.224 e. The van der Waals surface area contributed by atoms with Crippen LogP contribution in [0.4, 0.5) is 17.5 Å². The van der Waals surface area contributed by atoms with Crippen LogP contribution in [0.15, 0.2) is 48.8 Å². The number of nitrogen functional groups attached to an aromatic ring is 1. The molecule has 0 radical (unpaired) electrons. The van der Waals surface area contributed by atoms with E-state index < -0.39 is 0 Å². The van der Waals surface area contributed by atoms with E-state index in [-0.39, 0.29) is 5.95 Å². The molecule has 33 heavy (non-hydrogen) atoms. The summed E-state index contributed by atoms with van der Waals surface area (Å²) in [6.45, 7) is 5.28. The van der Waals surface area contributed by atoms with E-state index in [9.17, 15) is 0 Å². The monoisotopic (exact) mass is 444 g/mol. The predicted molar refractivity (Wildman–Crippen MR) is 133 cm³/mol. The first-order chi connectivity index (χ1) is 16.0. The molecule has 1 saturated heterocycles. The summed E-state index contributed by atoms with van der Waals surface area (Å²) >= 11 is 0. The first-order valence-corrected chi connectivity index (χ1v) is 11.6. The number of nitrogens with zero attached hydrogens (tertiary/aromatic N) is 7. The van der Waals surface area contributed by atoms with Crippen LogP contribution in [0.2, 0.25) is 0 Å². The minimum absolute atomic E-state index is 0.247. The minimum Gasteiger partial charge on any atom is -0.374 e. The SMILES string of the molecule is Cc1c(CC=CN2CCN3c4ccccc4CCC3C2)cnn1-c1cc(N(C)C)nc(N)n1. The highest BCUT2D eigenvalue weighted by Crippen LogP contribution is 2.32. The van der Waals surface area contributed by atoms with Gasteiger partial charge in [-0.1, -0.05) is 24.3 Å². The summed E-state index contributed by atoms with van der Waals surface area (Å²) in [7, 11) is 3.87. The molecule has 0 bridgehead atoms. The smallest absolute Gasteiger partial charge is 0.224 e. The van der Waals surface area contributed by atoms with E-state index in [0.29, 0.717) is 11.9 Å². The van der Waals surface area contributed by atoms with E-state index in [1.54, 1.807) is 0 Å². The number of benzene rings is 1. The lowest BCUT2D eigenvalue weighted by Crippen LogP contribution is -2.53. The highest BCUT2D eigenvalue weighted by Gasteiger charge is 2.30. The Morgan fingerprint density at radius 1 is 1.18 bits per heavy atom. The lowest BCUT2D eigenvalue weighted by molar-refractivity contribution is 0.283. The molecule has 0 amide bonds. The van der Waals surface area contributed by atoms with Crippen molar-refractivity contribution < 1.29 is 0 Å². The molecule has 1 fully saturated rings. The molecule has 172 valence electrons. The molecule has 1 unspecified atom stereocenters. The van der Waals surface area contributed by atoms with Crippen molar-refractivity contribution in [1.29, 1.82) is 0 Å². The van der Waals surface area contributed by atoms with E-state index in [0.717, 1.165) is 37.6 Å². The molecule has 0 spiro atoms. The molecule has 1 atom stereocenters. The summed E-state index contributed by atoms with van der Waals surface area (Å²) in [6, 6.07) is 11.4. The van der Waals surface area contributed by atoms with Gasteiger partial charge in [0.15, 0.2) is 5.82 Å². The van der Waals surface area contributed by atoms with Crippen LogP contribution in [-0.4, -0.2) is 64.4 Å². The number of allylic oxidation sites excluding steroid dienone is 1. The van der Waals surface area contributed by atoms with Crippen LogP contribution < -0.4 is 15.5 Å². The molecule has 1 aromatic carbocycles. The number of piperazine rings is 1. The van der Waals surface area contributed by atoms with E-state index in [2.05, 4.69) is 68.3 Å². The van der Waals surface area contributed by atoms with Crippen molar-refractivity contribution >= 4 is 17.5 Å². The molecule has 8 nitrogen and oxygen atoms in total. The van der Waals surface area contributed by atoms with Crippen molar-refractivity contribution in [3.8, 4) is 5.82 Å². The highest BCUT2D eigenvalue weighted by molar-refractivity contribution is 5.57. The molecule has 5 rings (SSSR count). The molecule has 2 aromatic heterocycles. The maximum atomic E-state index is 5.92. The Morgan fingerprint density at radius 2 is 2.03 bits per heavy atom. The molecule has 0 saturated carbocycles. The first-order valence-electron chi connectivity index (χ1n) is 11.6. The molecular weight excluding hydrogens is 412 g/mol. The normalized spacial score (nSPS) is 17.8. The number of hydrogen-bond donors (Lipinski definition) is 1.